The van der Waals surface area contributed by atoms with E-state index in [0.717, 1.165) is 18.8 Å². The molecule has 24 heavy (non-hydrogen) atoms. The van der Waals surface area contributed by atoms with Crippen molar-refractivity contribution in [2.24, 2.45) is 0 Å². The fourth-order valence-corrected chi connectivity index (χ4v) is 2.31. The number of hydrogen-bond acceptors (Lipinski definition) is 7. The van der Waals surface area contributed by atoms with Gasteiger partial charge < -0.3 is 19.2 Å². The molecule has 8 nitrogen and oxygen atoms in total. The molecule has 0 aliphatic carbocycles. The first-order valence-electron chi connectivity index (χ1n) is 7.82. The average Bonchev–Trinajstić information content (AvgIpc) is 3.20. The van der Waals surface area contributed by atoms with Crippen molar-refractivity contribution in [2.75, 3.05) is 19.4 Å². The second kappa shape index (κ2) is 7.69. The molecule has 0 unspecified atom stereocenters. The van der Waals surface area contributed by atoms with Crippen molar-refractivity contribution < 1.29 is 4.42 Å². The maximum atomic E-state index is 5.53. The van der Waals surface area contributed by atoms with Gasteiger partial charge >= 0.3 is 6.01 Å². The number of aryl methyl sites for hydroxylation is 2. The Morgan fingerprint density at radius 1 is 1.12 bits per heavy atom. The van der Waals surface area contributed by atoms with Gasteiger partial charge in [0.2, 0.25) is 5.89 Å². The van der Waals surface area contributed by atoms with Crippen LogP contribution in [0, 0.1) is 0 Å². The zero-order chi connectivity index (χ0) is 16.8. The molecule has 0 spiro atoms. The molecule has 1 N–H and O–H groups in total. The highest BCUT2D eigenvalue weighted by atomic mass is 16.4. The third kappa shape index (κ3) is 4.39. The first-order chi connectivity index (χ1) is 11.7. The van der Waals surface area contributed by atoms with E-state index in [2.05, 4.69) is 37.8 Å². The minimum Gasteiger partial charge on any atom is -0.407 e. The van der Waals surface area contributed by atoms with Gasteiger partial charge in [-0.1, -0.05) is 35.4 Å². The van der Waals surface area contributed by atoms with Gasteiger partial charge in [-0.2, -0.15) is 0 Å². The van der Waals surface area contributed by atoms with Crippen molar-refractivity contribution in [1.82, 2.24) is 29.9 Å². The van der Waals surface area contributed by atoms with Gasteiger partial charge in [0.25, 0.3) is 0 Å². The molecule has 2 aromatic heterocycles. The second-order valence-electron chi connectivity index (χ2n) is 5.77. The summed E-state index contributed by atoms with van der Waals surface area (Å²) >= 11 is 0. The maximum absolute atomic E-state index is 5.53. The summed E-state index contributed by atoms with van der Waals surface area (Å²) in [7, 11) is 3.90. The van der Waals surface area contributed by atoms with Gasteiger partial charge in [-0.05, 0) is 26.1 Å². The van der Waals surface area contributed by atoms with Crippen LogP contribution in [0.15, 0.2) is 41.1 Å². The summed E-state index contributed by atoms with van der Waals surface area (Å²) in [6.07, 6.45) is 2.67. The van der Waals surface area contributed by atoms with Crippen LogP contribution in [0.3, 0.4) is 0 Å². The van der Waals surface area contributed by atoms with Crippen LogP contribution in [0.4, 0.5) is 6.01 Å². The maximum Gasteiger partial charge on any atom is 0.315 e. The van der Waals surface area contributed by atoms with Gasteiger partial charge in [0.05, 0.1) is 13.1 Å². The summed E-state index contributed by atoms with van der Waals surface area (Å²) in [6.45, 7) is 1.92. The molecule has 0 aliphatic heterocycles. The molecule has 2 heterocycles. The lowest BCUT2D eigenvalue weighted by Crippen LogP contribution is -2.11. The normalized spacial score (nSPS) is 11.1. The molecule has 0 fully saturated rings. The molecule has 0 bridgehead atoms. The van der Waals surface area contributed by atoms with Crippen LogP contribution in [0.25, 0.3) is 0 Å². The zero-order valence-electron chi connectivity index (χ0n) is 13.9. The van der Waals surface area contributed by atoms with E-state index in [9.17, 15) is 0 Å². The highest BCUT2D eigenvalue weighted by Gasteiger charge is 2.09. The van der Waals surface area contributed by atoms with Gasteiger partial charge in [0.15, 0.2) is 5.82 Å². The Hall–Kier alpha value is -2.74. The smallest absolute Gasteiger partial charge is 0.315 e. The number of aromatic nitrogens is 5. The molecule has 0 saturated carbocycles. The van der Waals surface area contributed by atoms with E-state index in [0.29, 0.717) is 25.0 Å². The third-order valence-electron chi connectivity index (χ3n) is 3.50. The van der Waals surface area contributed by atoms with Crippen molar-refractivity contribution in [2.45, 2.75) is 26.1 Å². The van der Waals surface area contributed by atoms with Crippen molar-refractivity contribution in [1.29, 1.82) is 0 Å². The number of anilines is 1. The number of nitrogens with zero attached hydrogens (tertiary/aromatic N) is 6. The molecule has 3 aromatic rings. The Kier molecular flexibility index (Phi) is 5.17. The highest BCUT2D eigenvalue weighted by Crippen LogP contribution is 2.09. The standard InChI is InChI=1S/C16H21N7O/c1-22(2)11-15-20-21-16(24-15)17-10-14-19-18-12-23(14)9-8-13-6-4-3-5-7-13/h3-7,12H,8-11H2,1-2H3,(H,17,21). The van der Waals surface area contributed by atoms with Gasteiger partial charge in [-0.15, -0.1) is 15.3 Å². The van der Waals surface area contributed by atoms with E-state index in [1.807, 2.05) is 41.8 Å². The van der Waals surface area contributed by atoms with Crippen LogP contribution in [0.5, 0.6) is 0 Å². The van der Waals surface area contributed by atoms with E-state index in [1.165, 1.54) is 5.56 Å². The number of nitrogens with one attached hydrogen (secondary N) is 1. The van der Waals surface area contributed by atoms with Crippen molar-refractivity contribution in [3.05, 3.63) is 53.9 Å². The van der Waals surface area contributed by atoms with Crippen LogP contribution in [0.1, 0.15) is 17.3 Å². The summed E-state index contributed by atoms with van der Waals surface area (Å²) in [6, 6.07) is 10.7. The van der Waals surface area contributed by atoms with E-state index < -0.39 is 0 Å². The monoisotopic (exact) mass is 327 g/mol. The molecule has 0 radical (unpaired) electrons. The molecular formula is C16H21N7O. The van der Waals surface area contributed by atoms with E-state index >= 15 is 0 Å². The van der Waals surface area contributed by atoms with Crippen molar-refractivity contribution >= 4 is 6.01 Å². The third-order valence-corrected chi connectivity index (χ3v) is 3.50. The lowest BCUT2D eigenvalue weighted by atomic mass is 10.1. The van der Waals surface area contributed by atoms with Crippen molar-refractivity contribution in [3.63, 3.8) is 0 Å². The first kappa shape index (κ1) is 16.1. The van der Waals surface area contributed by atoms with E-state index in [1.54, 1.807) is 6.33 Å². The fraction of sp³-hybridized carbons (Fsp3) is 0.375. The molecule has 126 valence electrons. The van der Waals surface area contributed by atoms with Crippen LogP contribution < -0.4 is 5.32 Å². The molecule has 0 atom stereocenters. The van der Waals surface area contributed by atoms with Crippen molar-refractivity contribution in [3.8, 4) is 0 Å². The Bertz CT molecular complexity index is 751. The van der Waals surface area contributed by atoms with E-state index in [-0.39, 0.29) is 0 Å². The summed E-state index contributed by atoms with van der Waals surface area (Å²) in [5, 5.41) is 19.2. The zero-order valence-corrected chi connectivity index (χ0v) is 13.9. The quantitative estimate of drug-likeness (QED) is 0.672. The molecular weight excluding hydrogens is 306 g/mol. The van der Waals surface area contributed by atoms with E-state index in [4.69, 9.17) is 4.42 Å². The molecule has 8 heteroatoms. The lowest BCUT2D eigenvalue weighted by Gasteiger charge is -2.07. The summed E-state index contributed by atoms with van der Waals surface area (Å²) in [4.78, 5) is 1.97. The van der Waals surface area contributed by atoms with Gasteiger partial charge in [0.1, 0.15) is 6.33 Å². The molecule has 0 aliphatic rings. The second-order valence-corrected chi connectivity index (χ2v) is 5.77. The molecule has 0 amide bonds. The fourth-order valence-electron chi connectivity index (χ4n) is 2.31. The predicted molar refractivity (Wildman–Crippen MR) is 89.2 cm³/mol. The SMILES string of the molecule is CN(C)Cc1nnc(NCc2nncn2CCc2ccccc2)o1. The molecule has 3 rings (SSSR count). The minimum atomic E-state index is 0.393. The Balaban J connectivity index is 1.54. The Morgan fingerprint density at radius 3 is 2.75 bits per heavy atom. The van der Waals surface area contributed by atoms with Gasteiger partial charge in [-0.3, -0.25) is 0 Å². The summed E-state index contributed by atoms with van der Waals surface area (Å²) < 4.78 is 7.55. The van der Waals surface area contributed by atoms with Crippen LogP contribution >= 0.6 is 0 Å². The summed E-state index contributed by atoms with van der Waals surface area (Å²) in [5.41, 5.74) is 1.29. The average molecular weight is 327 g/mol. The highest BCUT2D eigenvalue weighted by molar-refractivity contribution is 5.18. The number of benzene rings is 1. The molecule has 0 saturated heterocycles. The van der Waals surface area contributed by atoms with Crippen LogP contribution in [-0.4, -0.2) is 44.0 Å². The van der Waals surface area contributed by atoms with Crippen LogP contribution in [0.2, 0.25) is 0 Å². The Morgan fingerprint density at radius 2 is 1.96 bits per heavy atom. The molecule has 1 aromatic carbocycles. The largest absolute Gasteiger partial charge is 0.407 e. The van der Waals surface area contributed by atoms with Gasteiger partial charge in [0, 0.05) is 6.54 Å². The number of rotatable bonds is 8. The first-order valence-corrected chi connectivity index (χ1v) is 7.82. The van der Waals surface area contributed by atoms with Crippen LogP contribution in [-0.2, 0) is 26.1 Å². The minimum absolute atomic E-state index is 0.393. The lowest BCUT2D eigenvalue weighted by molar-refractivity contribution is 0.344. The predicted octanol–water partition coefficient (Wildman–Crippen LogP) is 1.58. The van der Waals surface area contributed by atoms with Gasteiger partial charge in [-0.25, -0.2) is 0 Å². The Labute approximate surface area is 140 Å². The topological polar surface area (TPSA) is 84.9 Å². The number of hydrogen-bond donors (Lipinski definition) is 1. The summed E-state index contributed by atoms with van der Waals surface area (Å²) in [5.74, 6) is 1.41.